The second-order valence-corrected chi connectivity index (χ2v) is 10.1. The molecule has 1 aromatic carbocycles. The van der Waals surface area contributed by atoms with E-state index >= 15 is 0 Å². The van der Waals surface area contributed by atoms with Crippen LogP contribution in [-0.4, -0.2) is 11.0 Å². The van der Waals surface area contributed by atoms with Gasteiger partial charge in [-0.2, -0.15) is 0 Å². The van der Waals surface area contributed by atoms with Crippen molar-refractivity contribution in [2.45, 2.75) is 73.3 Å². The maximum absolute atomic E-state index is 12.4. The maximum atomic E-state index is 12.4. The second kappa shape index (κ2) is 5.87. The first-order chi connectivity index (χ1) is 10.7. The predicted molar refractivity (Wildman–Crippen MR) is 99.8 cm³/mol. The first kappa shape index (κ1) is 19.0. The Kier molecular flexibility index (Phi) is 4.64. The molecule has 1 aliphatic carbocycles. The molecule has 134 valence electrons. The number of rotatable bonds is 2. The summed E-state index contributed by atoms with van der Waals surface area (Å²) in [7, 11) is 0. The van der Waals surface area contributed by atoms with Crippen LogP contribution in [0.1, 0.15) is 73.3 Å². The standard InChI is InChI=1S/C21H33NO2/c1-18(2,3)17(23)22-16-11-9-8-10-15(16)21(24)13-19(4,5)12-20(6,7)14-21/h8-11,24H,12-14H2,1-7H3,(H,22,23). The SMILES string of the molecule is CC1(C)CC(C)(C)CC(O)(c2ccccc2NC(=O)C(C)(C)C)C1. The molecule has 3 heteroatoms. The third-order valence-corrected chi connectivity index (χ3v) is 4.86. The smallest absolute Gasteiger partial charge is 0.229 e. The molecular weight excluding hydrogens is 298 g/mol. The molecule has 0 bridgehead atoms. The van der Waals surface area contributed by atoms with Gasteiger partial charge in [-0.25, -0.2) is 0 Å². The van der Waals surface area contributed by atoms with Gasteiger partial charge in [-0.15, -0.1) is 0 Å². The zero-order chi connectivity index (χ0) is 18.4. The number of carbonyl (C=O) groups is 1. The lowest BCUT2D eigenvalue weighted by molar-refractivity contribution is -0.123. The van der Waals surface area contributed by atoms with Crippen LogP contribution in [0.15, 0.2) is 24.3 Å². The van der Waals surface area contributed by atoms with Crippen molar-refractivity contribution in [3.05, 3.63) is 29.8 Å². The van der Waals surface area contributed by atoms with Crippen molar-refractivity contribution in [1.29, 1.82) is 0 Å². The number of carbonyl (C=O) groups excluding carboxylic acids is 1. The molecule has 0 heterocycles. The highest BCUT2D eigenvalue weighted by Crippen LogP contribution is 2.54. The Bertz CT molecular complexity index is 607. The molecule has 0 aromatic heterocycles. The largest absolute Gasteiger partial charge is 0.385 e. The zero-order valence-electron chi connectivity index (χ0n) is 16.3. The Morgan fingerprint density at radius 2 is 1.50 bits per heavy atom. The van der Waals surface area contributed by atoms with E-state index in [2.05, 4.69) is 33.0 Å². The quantitative estimate of drug-likeness (QED) is 0.792. The van der Waals surface area contributed by atoms with Gasteiger partial charge in [0.1, 0.15) is 0 Å². The first-order valence-corrected chi connectivity index (χ1v) is 8.88. The summed E-state index contributed by atoms with van der Waals surface area (Å²) in [6.07, 6.45) is 2.48. The van der Waals surface area contributed by atoms with Crippen molar-refractivity contribution >= 4 is 11.6 Å². The van der Waals surface area contributed by atoms with Gasteiger partial charge in [0.2, 0.25) is 5.91 Å². The Hall–Kier alpha value is -1.35. The Balaban J connectivity index is 2.43. The number of nitrogens with one attached hydrogen (secondary N) is 1. The summed E-state index contributed by atoms with van der Waals surface area (Å²) < 4.78 is 0. The molecule has 0 radical (unpaired) electrons. The lowest BCUT2D eigenvalue weighted by atomic mass is 9.58. The van der Waals surface area contributed by atoms with Crippen molar-refractivity contribution in [3.8, 4) is 0 Å². The molecule has 1 amide bonds. The van der Waals surface area contributed by atoms with Gasteiger partial charge < -0.3 is 10.4 Å². The zero-order valence-corrected chi connectivity index (χ0v) is 16.3. The van der Waals surface area contributed by atoms with Crippen molar-refractivity contribution < 1.29 is 9.90 Å². The fourth-order valence-electron chi connectivity index (χ4n) is 4.56. The highest BCUT2D eigenvalue weighted by Gasteiger charge is 2.48. The predicted octanol–water partition coefficient (Wildman–Crippen LogP) is 5.10. The number of amides is 1. The second-order valence-electron chi connectivity index (χ2n) is 10.1. The van der Waals surface area contributed by atoms with Crippen molar-refractivity contribution in [2.75, 3.05) is 5.32 Å². The van der Waals surface area contributed by atoms with Crippen LogP contribution in [0.4, 0.5) is 5.69 Å². The third-order valence-electron chi connectivity index (χ3n) is 4.86. The van der Waals surface area contributed by atoms with E-state index in [0.29, 0.717) is 12.8 Å². The summed E-state index contributed by atoms with van der Waals surface area (Å²) in [6, 6.07) is 7.69. The number of aliphatic hydroxyl groups is 1. The number of benzene rings is 1. The van der Waals surface area contributed by atoms with Crippen LogP contribution < -0.4 is 5.32 Å². The fourth-order valence-corrected chi connectivity index (χ4v) is 4.56. The van der Waals surface area contributed by atoms with Gasteiger partial charge in [0, 0.05) is 16.7 Å². The van der Waals surface area contributed by atoms with Gasteiger partial charge in [-0.1, -0.05) is 66.7 Å². The van der Waals surface area contributed by atoms with E-state index in [1.54, 1.807) is 0 Å². The molecule has 1 saturated carbocycles. The topological polar surface area (TPSA) is 49.3 Å². The number of anilines is 1. The van der Waals surface area contributed by atoms with E-state index in [1.165, 1.54) is 0 Å². The minimum Gasteiger partial charge on any atom is -0.385 e. The van der Waals surface area contributed by atoms with E-state index in [1.807, 2.05) is 45.0 Å². The lowest BCUT2D eigenvalue weighted by Crippen LogP contribution is -2.44. The Morgan fingerprint density at radius 3 is 2.00 bits per heavy atom. The Labute approximate surface area is 146 Å². The molecule has 3 nitrogen and oxygen atoms in total. The normalized spacial score (nSPS) is 22.0. The van der Waals surface area contributed by atoms with Crippen LogP contribution in [0.5, 0.6) is 0 Å². The molecule has 0 spiro atoms. The van der Waals surface area contributed by atoms with Crippen LogP contribution in [0.2, 0.25) is 0 Å². The highest BCUT2D eigenvalue weighted by molar-refractivity contribution is 5.95. The van der Waals surface area contributed by atoms with Crippen LogP contribution in [-0.2, 0) is 10.4 Å². The average Bonchev–Trinajstić information content (AvgIpc) is 2.33. The van der Waals surface area contributed by atoms with Crippen LogP contribution in [0.3, 0.4) is 0 Å². The number of hydrogen-bond acceptors (Lipinski definition) is 2. The fraction of sp³-hybridized carbons (Fsp3) is 0.667. The van der Waals surface area contributed by atoms with Gasteiger partial charge in [-0.05, 0) is 36.2 Å². The van der Waals surface area contributed by atoms with E-state index in [4.69, 9.17) is 0 Å². The average molecular weight is 332 g/mol. The summed E-state index contributed by atoms with van der Waals surface area (Å²) in [5.41, 5.74) is 0.278. The molecule has 1 aromatic rings. The first-order valence-electron chi connectivity index (χ1n) is 8.88. The maximum Gasteiger partial charge on any atom is 0.229 e. The van der Waals surface area contributed by atoms with Crippen LogP contribution in [0, 0.1) is 16.2 Å². The monoisotopic (exact) mass is 331 g/mol. The van der Waals surface area contributed by atoms with Crippen molar-refractivity contribution in [3.63, 3.8) is 0 Å². The molecule has 0 unspecified atom stereocenters. The molecule has 0 aliphatic heterocycles. The third kappa shape index (κ3) is 4.18. The summed E-state index contributed by atoms with van der Waals surface area (Å²) in [5.74, 6) is -0.0344. The van der Waals surface area contributed by atoms with Gasteiger partial charge in [0.25, 0.3) is 0 Å². The molecule has 0 saturated heterocycles. The summed E-state index contributed by atoms with van der Waals surface area (Å²) >= 11 is 0. The molecular formula is C21H33NO2. The molecule has 1 fully saturated rings. The van der Waals surface area contributed by atoms with E-state index < -0.39 is 11.0 Å². The van der Waals surface area contributed by atoms with Gasteiger partial charge >= 0.3 is 0 Å². The number of hydrogen-bond donors (Lipinski definition) is 2. The molecule has 0 atom stereocenters. The highest BCUT2D eigenvalue weighted by atomic mass is 16.3. The van der Waals surface area contributed by atoms with E-state index in [-0.39, 0.29) is 16.7 Å². The Morgan fingerprint density at radius 1 is 1.00 bits per heavy atom. The minimum atomic E-state index is -0.924. The molecule has 24 heavy (non-hydrogen) atoms. The van der Waals surface area contributed by atoms with Crippen molar-refractivity contribution in [2.24, 2.45) is 16.2 Å². The van der Waals surface area contributed by atoms with Gasteiger partial charge in [0.05, 0.1) is 5.60 Å². The van der Waals surface area contributed by atoms with E-state index in [9.17, 15) is 9.90 Å². The molecule has 1 aliphatic rings. The summed E-state index contributed by atoms with van der Waals surface area (Å²) in [4.78, 5) is 12.4. The molecule has 2 rings (SSSR count). The molecule has 2 N–H and O–H groups in total. The summed E-state index contributed by atoms with van der Waals surface area (Å²) in [5, 5.41) is 14.6. The lowest BCUT2D eigenvalue weighted by Gasteiger charge is -2.50. The van der Waals surface area contributed by atoms with Crippen molar-refractivity contribution in [1.82, 2.24) is 0 Å². The van der Waals surface area contributed by atoms with Crippen LogP contribution in [0.25, 0.3) is 0 Å². The van der Waals surface area contributed by atoms with Gasteiger partial charge in [-0.3, -0.25) is 4.79 Å². The van der Waals surface area contributed by atoms with E-state index in [0.717, 1.165) is 17.7 Å². The van der Waals surface area contributed by atoms with Crippen LogP contribution >= 0.6 is 0 Å². The van der Waals surface area contributed by atoms with Gasteiger partial charge in [0.15, 0.2) is 0 Å². The number of para-hydroxylation sites is 1. The minimum absolute atomic E-state index is 0.0344. The summed E-state index contributed by atoms with van der Waals surface area (Å²) in [6.45, 7) is 14.6.